The van der Waals surface area contributed by atoms with Crippen LogP contribution in [0.4, 0.5) is 17.6 Å². The second kappa shape index (κ2) is 7.84. The minimum absolute atomic E-state index is 0.0979. The Morgan fingerprint density at radius 1 is 1.29 bits per heavy atom. The Balaban J connectivity index is 1.50. The highest BCUT2D eigenvalue weighted by molar-refractivity contribution is 5.99. The summed E-state index contributed by atoms with van der Waals surface area (Å²) in [7, 11) is 0. The summed E-state index contributed by atoms with van der Waals surface area (Å²) in [5.74, 6) is -2.57. The first kappa shape index (κ1) is 24.3. The van der Waals surface area contributed by atoms with Crippen molar-refractivity contribution >= 4 is 17.8 Å². The number of halogens is 4. The van der Waals surface area contributed by atoms with E-state index in [2.05, 4.69) is 10.3 Å². The van der Waals surface area contributed by atoms with Crippen LogP contribution in [0.25, 0.3) is 0 Å². The topological polar surface area (TPSA) is 97.0 Å². The molecule has 186 valence electrons. The SMILES string of the molecule is CC1(C)CC(=O)N(C[C@H]2CC2C(=O)NC2CC(C)(C)Oc3c(C(F)(F)F)ccc(F)c32)C(N)=N1. The molecule has 3 aliphatic rings. The van der Waals surface area contributed by atoms with Crippen molar-refractivity contribution in [1.82, 2.24) is 10.2 Å². The molecule has 2 aliphatic heterocycles. The second-order valence-electron chi connectivity index (χ2n) is 10.5. The van der Waals surface area contributed by atoms with E-state index in [0.29, 0.717) is 12.5 Å². The lowest BCUT2D eigenvalue weighted by molar-refractivity contribution is -0.140. The summed E-state index contributed by atoms with van der Waals surface area (Å²) in [6.07, 6.45) is -3.96. The maximum Gasteiger partial charge on any atom is 0.419 e. The summed E-state index contributed by atoms with van der Waals surface area (Å²) in [6, 6.07) is 0.404. The molecule has 3 N–H and O–H groups in total. The number of guanidine groups is 1. The number of carbonyl (C=O) groups is 2. The van der Waals surface area contributed by atoms with Gasteiger partial charge in [-0.3, -0.25) is 14.5 Å². The van der Waals surface area contributed by atoms with Crippen LogP contribution >= 0.6 is 0 Å². The molecule has 34 heavy (non-hydrogen) atoms. The van der Waals surface area contributed by atoms with Crippen molar-refractivity contribution in [1.29, 1.82) is 0 Å². The molecule has 2 amide bonds. The number of ether oxygens (including phenoxy) is 1. The number of alkyl halides is 3. The third-order valence-corrected chi connectivity index (χ3v) is 6.44. The third kappa shape index (κ3) is 4.69. The predicted octanol–water partition coefficient (Wildman–Crippen LogP) is 3.52. The number of nitrogens with zero attached hydrogens (tertiary/aromatic N) is 2. The number of amides is 2. The van der Waals surface area contributed by atoms with Crippen LogP contribution in [0.3, 0.4) is 0 Å². The number of nitrogens with two attached hydrogens (primary N) is 1. The molecule has 0 bridgehead atoms. The summed E-state index contributed by atoms with van der Waals surface area (Å²) < 4.78 is 60.8. The van der Waals surface area contributed by atoms with E-state index < -0.39 is 52.3 Å². The van der Waals surface area contributed by atoms with Gasteiger partial charge in [0.25, 0.3) is 0 Å². The fourth-order valence-corrected chi connectivity index (χ4v) is 4.75. The first-order chi connectivity index (χ1) is 15.6. The van der Waals surface area contributed by atoms with Crippen molar-refractivity contribution in [2.75, 3.05) is 6.54 Å². The lowest BCUT2D eigenvalue weighted by Crippen LogP contribution is -2.50. The van der Waals surface area contributed by atoms with Gasteiger partial charge in [0, 0.05) is 18.9 Å². The molecular weight excluding hydrogens is 456 g/mol. The normalized spacial score (nSPS) is 27.4. The Morgan fingerprint density at radius 3 is 2.59 bits per heavy atom. The van der Waals surface area contributed by atoms with Gasteiger partial charge in [0.05, 0.1) is 29.1 Å². The summed E-state index contributed by atoms with van der Waals surface area (Å²) >= 11 is 0. The van der Waals surface area contributed by atoms with Gasteiger partial charge in [0.1, 0.15) is 17.2 Å². The van der Waals surface area contributed by atoms with Crippen LogP contribution in [0.2, 0.25) is 0 Å². The average Bonchev–Trinajstić information content (AvgIpc) is 3.41. The first-order valence-corrected chi connectivity index (χ1v) is 11.1. The summed E-state index contributed by atoms with van der Waals surface area (Å²) in [5.41, 5.74) is 2.93. The zero-order chi connectivity index (χ0) is 25.2. The van der Waals surface area contributed by atoms with Gasteiger partial charge in [0.2, 0.25) is 11.8 Å². The van der Waals surface area contributed by atoms with Gasteiger partial charge in [0.15, 0.2) is 5.96 Å². The molecule has 1 aromatic rings. The molecule has 3 atom stereocenters. The van der Waals surface area contributed by atoms with Crippen LogP contribution in [0.15, 0.2) is 17.1 Å². The number of hydrogen-bond acceptors (Lipinski definition) is 5. The molecular formula is C23H28F4N4O3. The summed E-state index contributed by atoms with van der Waals surface area (Å²) in [6.45, 7) is 7.01. The number of rotatable bonds is 4. The molecule has 1 aliphatic carbocycles. The third-order valence-electron chi connectivity index (χ3n) is 6.44. The van der Waals surface area contributed by atoms with Crippen LogP contribution in [0, 0.1) is 17.7 Å². The van der Waals surface area contributed by atoms with Gasteiger partial charge in [-0.05, 0) is 52.2 Å². The molecule has 2 heterocycles. The molecule has 1 aromatic carbocycles. The molecule has 0 saturated heterocycles. The van der Waals surface area contributed by atoms with Crippen LogP contribution in [-0.2, 0) is 15.8 Å². The van der Waals surface area contributed by atoms with Gasteiger partial charge in [-0.1, -0.05) is 0 Å². The minimum atomic E-state index is -4.74. The monoisotopic (exact) mass is 484 g/mol. The van der Waals surface area contributed by atoms with Crippen molar-refractivity contribution < 1.29 is 31.9 Å². The molecule has 7 nitrogen and oxygen atoms in total. The van der Waals surface area contributed by atoms with E-state index >= 15 is 0 Å². The summed E-state index contributed by atoms with van der Waals surface area (Å²) in [5, 5.41) is 2.72. The highest BCUT2D eigenvalue weighted by atomic mass is 19.4. The number of hydrogen-bond donors (Lipinski definition) is 2. The first-order valence-electron chi connectivity index (χ1n) is 11.1. The van der Waals surface area contributed by atoms with Gasteiger partial charge in [-0.2, -0.15) is 13.2 Å². The Morgan fingerprint density at radius 2 is 1.97 bits per heavy atom. The maximum atomic E-state index is 14.7. The second-order valence-corrected chi connectivity index (χ2v) is 10.5. The lowest BCUT2D eigenvalue weighted by Gasteiger charge is -2.39. The number of aliphatic imine (C=N–C) groups is 1. The number of benzene rings is 1. The van der Waals surface area contributed by atoms with Crippen molar-refractivity contribution in [2.45, 2.75) is 70.3 Å². The van der Waals surface area contributed by atoms with E-state index in [9.17, 15) is 27.2 Å². The van der Waals surface area contributed by atoms with Crippen molar-refractivity contribution in [2.24, 2.45) is 22.6 Å². The molecule has 0 radical (unpaired) electrons. The zero-order valence-corrected chi connectivity index (χ0v) is 19.4. The van der Waals surface area contributed by atoms with E-state index in [1.54, 1.807) is 27.7 Å². The van der Waals surface area contributed by atoms with Crippen LogP contribution < -0.4 is 15.8 Å². The molecule has 2 unspecified atom stereocenters. The Hall–Kier alpha value is -2.85. The molecule has 1 fully saturated rings. The quantitative estimate of drug-likeness (QED) is 0.639. The molecule has 11 heteroatoms. The average molecular weight is 484 g/mol. The summed E-state index contributed by atoms with van der Waals surface area (Å²) in [4.78, 5) is 31.1. The van der Waals surface area contributed by atoms with E-state index in [0.717, 1.165) is 6.07 Å². The molecule has 0 spiro atoms. The van der Waals surface area contributed by atoms with E-state index in [1.807, 2.05) is 0 Å². The van der Waals surface area contributed by atoms with Gasteiger partial charge >= 0.3 is 6.18 Å². The Bertz CT molecular complexity index is 1070. The Labute approximate surface area is 194 Å². The minimum Gasteiger partial charge on any atom is -0.487 e. The van der Waals surface area contributed by atoms with Crippen LogP contribution in [-0.4, -0.2) is 40.4 Å². The van der Waals surface area contributed by atoms with E-state index in [-0.39, 0.29) is 42.7 Å². The van der Waals surface area contributed by atoms with Crippen LogP contribution in [0.1, 0.15) is 64.1 Å². The number of carbonyl (C=O) groups excluding carboxylic acids is 2. The highest BCUT2D eigenvalue weighted by Gasteiger charge is 2.48. The fraction of sp³-hybridized carbons (Fsp3) is 0.609. The lowest BCUT2D eigenvalue weighted by atomic mass is 9.87. The predicted molar refractivity (Wildman–Crippen MR) is 115 cm³/mol. The zero-order valence-electron chi connectivity index (χ0n) is 19.4. The van der Waals surface area contributed by atoms with E-state index in [1.165, 1.54) is 4.90 Å². The number of nitrogens with one attached hydrogen (secondary N) is 1. The standard InChI is InChI=1S/C23H28F4N4O3/c1-21(2)9-16(32)31(20(28)30-21)10-11-7-12(11)19(33)29-15-8-22(3,4)34-18-13(23(25,26)27)5-6-14(24)17(15)18/h5-6,11-12,15H,7-10H2,1-4H3,(H2,28,30)(H,29,33)/t11-,12?,15?/m1/s1. The van der Waals surface area contributed by atoms with Crippen molar-refractivity contribution in [3.8, 4) is 5.75 Å². The number of fused-ring (bicyclic) bond motifs is 1. The van der Waals surface area contributed by atoms with Crippen molar-refractivity contribution in [3.63, 3.8) is 0 Å². The molecule has 0 aromatic heterocycles. The van der Waals surface area contributed by atoms with Gasteiger partial charge in [-0.25, -0.2) is 9.38 Å². The Kier molecular flexibility index (Phi) is 5.60. The van der Waals surface area contributed by atoms with Gasteiger partial charge in [-0.15, -0.1) is 0 Å². The molecule has 1 saturated carbocycles. The highest BCUT2D eigenvalue weighted by Crippen LogP contribution is 2.48. The van der Waals surface area contributed by atoms with Gasteiger partial charge < -0.3 is 15.8 Å². The van der Waals surface area contributed by atoms with Crippen LogP contribution in [0.5, 0.6) is 5.75 Å². The smallest absolute Gasteiger partial charge is 0.419 e. The largest absolute Gasteiger partial charge is 0.487 e. The van der Waals surface area contributed by atoms with E-state index in [4.69, 9.17) is 10.5 Å². The fourth-order valence-electron chi connectivity index (χ4n) is 4.75. The van der Waals surface area contributed by atoms with Crippen molar-refractivity contribution in [3.05, 3.63) is 29.1 Å². The molecule has 4 rings (SSSR count). The maximum absolute atomic E-state index is 14.7.